The Kier molecular flexibility index (Phi) is 7.14. The van der Waals surface area contributed by atoms with E-state index in [4.69, 9.17) is 0 Å². The Morgan fingerprint density at radius 2 is 1.77 bits per heavy atom. The van der Waals surface area contributed by atoms with Crippen molar-refractivity contribution in [2.24, 2.45) is 0 Å². The summed E-state index contributed by atoms with van der Waals surface area (Å²) in [5.41, 5.74) is 0.395. The number of nitrogens with one attached hydrogen (secondary N) is 2. The zero-order chi connectivity index (χ0) is 22.4. The Morgan fingerprint density at radius 3 is 2.48 bits per heavy atom. The Hall–Kier alpha value is -3.53. The molecule has 0 radical (unpaired) electrons. The van der Waals surface area contributed by atoms with Gasteiger partial charge >= 0.3 is 0 Å². The maximum absolute atomic E-state index is 13.6. The van der Waals surface area contributed by atoms with Gasteiger partial charge in [0.15, 0.2) is 0 Å². The molecule has 1 aliphatic heterocycles. The summed E-state index contributed by atoms with van der Waals surface area (Å²) >= 11 is 0.816. The molecule has 3 rings (SSSR count). The predicted octanol–water partition coefficient (Wildman–Crippen LogP) is 2.55. The lowest BCUT2D eigenvalue weighted by Crippen LogP contribution is -2.41. The van der Waals surface area contributed by atoms with Crippen LogP contribution in [0.2, 0.25) is 0 Å². The monoisotopic (exact) mass is 445 g/mol. The van der Waals surface area contributed by atoms with Crippen LogP contribution >= 0.6 is 11.8 Å². The SMILES string of the molecule is O=C(CNC(=O)c1ccc(F)cc1F)NCCN1C(=O)S/C(=C\c2ccccc2)C1=O. The number of thioether (sulfide) groups is 1. The predicted molar refractivity (Wildman–Crippen MR) is 111 cm³/mol. The van der Waals surface area contributed by atoms with E-state index in [1.165, 1.54) is 0 Å². The number of benzene rings is 2. The zero-order valence-corrected chi connectivity index (χ0v) is 16.9. The largest absolute Gasteiger partial charge is 0.353 e. The standard InChI is InChI=1S/C21H17F2N3O4S/c22-14-6-7-15(16(23)11-14)19(28)25-12-18(27)24-8-9-26-20(29)17(31-21(26)30)10-13-4-2-1-3-5-13/h1-7,10-11H,8-9,12H2,(H,24,27)(H,25,28)/b17-10-. The van der Waals surface area contributed by atoms with Crippen LogP contribution < -0.4 is 10.6 Å². The van der Waals surface area contributed by atoms with E-state index in [9.17, 15) is 28.0 Å². The third-order valence-electron chi connectivity index (χ3n) is 4.21. The summed E-state index contributed by atoms with van der Waals surface area (Å²) in [6, 6.07) is 11.5. The van der Waals surface area contributed by atoms with E-state index in [0.717, 1.165) is 34.4 Å². The lowest BCUT2D eigenvalue weighted by Gasteiger charge is -2.13. The van der Waals surface area contributed by atoms with Gasteiger partial charge in [0, 0.05) is 19.2 Å². The molecular weight excluding hydrogens is 428 g/mol. The maximum Gasteiger partial charge on any atom is 0.293 e. The second kappa shape index (κ2) is 9.98. The molecule has 1 heterocycles. The highest BCUT2D eigenvalue weighted by Crippen LogP contribution is 2.31. The minimum absolute atomic E-state index is 0.0176. The fourth-order valence-corrected chi connectivity index (χ4v) is 3.56. The van der Waals surface area contributed by atoms with Gasteiger partial charge in [0.2, 0.25) is 5.91 Å². The van der Waals surface area contributed by atoms with Gasteiger partial charge in [0.05, 0.1) is 17.0 Å². The van der Waals surface area contributed by atoms with Crippen LogP contribution in [0.1, 0.15) is 15.9 Å². The Bertz CT molecular complexity index is 1060. The van der Waals surface area contributed by atoms with Crippen LogP contribution in [0, 0.1) is 11.6 Å². The molecule has 0 saturated carbocycles. The van der Waals surface area contributed by atoms with Crippen molar-refractivity contribution in [1.82, 2.24) is 15.5 Å². The van der Waals surface area contributed by atoms with Crippen LogP contribution in [0.4, 0.5) is 13.6 Å². The van der Waals surface area contributed by atoms with E-state index in [-0.39, 0.29) is 18.0 Å². The normalized spacial score (nSPS) is 14.8. The van der Waals surface area contributed by atoms with Gasteiger partial charge in [-0.25, -0.2) is 8.78 Å². The smallest absolute Gasteiger partial charge is 0.293 e. The van der Waals surface area contributed by atoms with Crippen molar-refractivity contribution in [3.63, 3.8) is 0 Å². The van der Waals surface area contributed by atoms with Crippen LogP contribution in [0.5, 0.6) is 0 Å². The van der Waals surface area contributed by atoms with Crippen molar-refractivity contribution in [1.29, 1.82) is 0 Å². The summed E-state index contributed by atoms with van der Waals surface area (Å²) in [6.07, 6.45) is 1.62. The van der Waals surface area contributed by atoms with E-state index in [2.05, 4.69) is 10.6 Å². The van der Waals surface area contributed by atoms with E-state index in [1.807, 2.05) is 18.2 Å². The molecule has 1 aliphatic rings. The summed E-state index contributed by atoms with van der Waals surface area (Å²) in [4.78, 5) is 49.6. The summed E-state index contributed by atoms with van der Waals surface area (Å²) in [5.74, 6) is -3.78. The molecule has 0 bridgehead atoms. The number of imide groups is 1. The summed E-state index contributed by atoms with van der Waals surface area (Å²) in [5, 5.41) is 4.24. The molecule has 1 fully saturated rings. The van der Waals surface area contributed by atoms with Crippen LogP contribution in [-0.2, 0) is 9.59 Å². The average molecular weight is 445 g/mol. The fourth-order valence-electron chi connectivity index (χ4n) is 2.69. The second-order valence-corrected chi connectivity index (χ2v) is 7.39. The van der Waals surface area contributed by atoms with Gasteiger partial charge in [0.1, 0.15) is 11.6 Å². The molecule has 4 amide bonds. The summed E-state index contributed by atoms with van der Waals surface area (Å²) in [6.45, 7) is -0.509. The highest BCUT2D eigenvalue weighted by molar-refractivity contribution is 8.18. The van der Waals surface area contributed by atoms with Crippen molar-refractivity contribution < 1.29 is 28.0 Å². The van der Waals surface area contributed by atoms with Crippen LogP contribution in [0.15, 0.2) is 53.4 Å². The van der Waals surface area contributed by atoms with E-state index >= 15 is 0 Å². The first-order valence-electron chi connectivity index (χ1n) is 9.15. The number of carbonyl (C=O) groups is 4. The van der Waals surface area contributed by atoms with Gasteiger partial charge < -0.3 is 10.6 Å². The first kappa shape index (κ1) is 22.2. The molecule has 10 heteroatoms. The minimum Gasteiger partial charge on any atom is -0.353 e. The van der Waals surface area contributed by atoms with Gasteiger partial charge in [-0.15, -0.1) is 0 Å². The number of hydrogen-bond acceptors (Lipinski definition) is 5. The third kappa shape index (κ3) is 5.76. The molecule has 2 aromatic rings. The number of rotatable bonds is 7. The maximum atomic E-state index is 13.6. The molecule has 160 valence electrons. The highest BCUT2D eigenvalue weighted by Gasteiger charge is 2.34. The summed E-state index contributed by atoms with van der Waals surface area (Å²) < 4.78 is 26.5. The third-order valence-corrected chi connectivity index (χ3v) is 5.12. The Balaban J connectivity index is 1.46. The van der Waals surface area contributed by atoms with Crippen LogP contribution in [0.3, 0.4) is 0 Å². The second-order valence-electron chi connectivity index (χ2n) is 6.40. The number of carbonyl (C=O) groups excluding carboxylic acids is 4. The van der Waals surface area contributed by atoms with Gasteiger partial charge in [-0.05, 0) is 35.5 Å². The van der Waals surface area contributed by atoms with Gasteiger partial charge in [-0.2, -0.15) is 0 Å². The van der Waals surface area contributed by atoms with Gasteiger partial charge in [0.25, 0.3) is 17.1 Å². The number of hydrogen-bond donors (Lipinski definition) is 2. The molecule has 0 atom stereocenters. The van der Waals surface area contributed by atoms with Crippen LogP contribution in [-0.4, -0.2) is 47.5 Å². The Labute approximate surface area is 180 Å². The fraction of sp³-hybridized carbons (Fsp3) is 0.143. The van der Waals surface area contributed by atoms with Crippen molar-refractivity contribution in [3.05, 3.63) is 76.2 Å². The molecule has 1 saturated heterocycles. The Morgan fingerprint density at radius 1 is 1.03 bits per heavy atom. The molecule has 2 N–H and O–H groups in total. The quantitative estimate of drug-likeness (QED) is 0.639. The summed E-state index contributed by atoms with van der Waals surface area (Å²) in [7, 11) is 0. The molecule has 0 aromatic heterocycles. The molecule has 7 nitrogen and oxygen atoms in total. The molecule has 31 heavy (non-hydrogen) atoms. The number of nitrogens with zero attached hydrogens (tertiary/aromatic N) is 1. The van der Waals surface area contributed by atoms with Crippen LogP contribution in [0.25, 0.3) is 6.08 Å². The molecule has 0 unspecified atom stereocenters. The van der Waals surface area contributed by atoms with Crippen molar-refractivity contribution in [2.45, 2.75) is 0 Å². The zero-order valence-electron chi connectivity index (χ0n) is 16.1. The molecule has 2 aromatic carbocycles. The van der Waals surface area contributed by atoms with Crippen molar-refractivity contribution in [3.8, 4) is 0 Å². The van der Waals surface area contributed by atoms with Crippen molar-refractivity contribution in [2.75, 3.05) is 19.6 Å². The van der Waals surface area contributed by atoms with Crippen molar-refractivity contribution >= 4 is 40.8 Å². The lowest BCUT2D eigenvalue weighted by molar-refractivity contribution is -0.124. The van der Waals surface area contributed by atoms with Gasteiger partial charge in [-0.3, -0.25) is 24.1 Å². The van der Waals surface area contributed by atoms with Gasteiger partial charge in [-0.1, -0.05) is 30.3 Å². The lowest BCUT2D eigenvalue weighted by atomic mass is 10.2. The molecule has 0 spiro atoms. The highest BCUT2D eigenvalue weighted by atomic mass is 32.2. The number of amides is 4. The van der Waals surface area contributed by atoms with E-state index in [1.54, 1.807) is 18.2 Å². The molecule has 0 aliphatic carbocycles. The first-order valence-corrected chi connectivity index (χ1v) is 9.97. The minimum atomic E-state index is -1.04. The number of halogens is 2. The first-order chi connectivity index (χ1) is 14.8. The topological polar surface area (TPSA) is 95.6 Å². The van der Waals surface area contributed by atoms with E-state index in [0.29, 0.717) is 6.07 Å². The average Bonchev–Trinajstić information content (AvgIpc) is 3.00. The van der Waals surface area contributed by atoms with E-state index < -0.39 is 46.7 Å². The molecular formula is C21H17F2N3O4S.